The molecule has 0 radical (unpaired) electrons. The molecule has 0 bridgehead atoms. The molecule has 1 heterocycles. The fourth-order valence-corrected chi connectivity index (χ4v) is 2.15. The van der Waals surface area contributed by atoms with Gasteiger partial charge in [0.05, 0.1) is 6.54 Å². The monoisotopic (exact) mass is 379 g/mol. The van der Waals surface area contributed by atoms with Gasteiger partial charge < -0.3 is 10.2 Å². The van der Waals surface area contributed by atoms with Crippen LogP contribution in [0.15, 0.2) is 29.1 Å². The van der Waals surface area contributed by atoms with Crippen LogP contribution in [0.5, 0.6) is 0 Å². The van der Waals surface area contributed by atoms with E-state index in [2.05, 4.69) is 5.10 Å². The second kappa shape index (κ2) is 6.89. The maximum atomic E-state index is 12.6. The smallest absolute Gasteiger partial charge is 0.416 e. The van der Waals surface area contributed by atoms with Gasteiger partial charge in [0.2, 0.25) is 0 Å². The first-order valence-electron chi connectivity index (χ1n) is 6.95. The molecule has 1 aromatic carbocycles. The molecule has 0 saturated heterocycles. The number of rotatable bonds is 5. The summed E-state index contributed by atoms with van der Waals surface area (Å²) in [6.45, 7) is 0.0412. The Labute approximate surface area is 143 Å². The van der Waals surface area contributed by atoms with Crippen molar-refractivity contribution in [3.8, 4) is 11.4 Å². The quantitative estimate of drug-likeness (QED) is 0.827. The van der Waals surface area contributed by atoms with Gasteiger partial charge in [-0.1, -0.05) is 11.6 Å². The lowest BCUT2D eigenvalue weighted by atomic mass is 10.2. The zero-order chi connectivity index (χ0) is 18.9. The van der Waals surface area contributed by atoms with E-state index in [0.29, 0.717) is 14.3 Å². The Morgan fingerprint density at radius 1 is 1.32 bits per heavy atom. The molecular weight excluding hydrogens is 367 g/mol. The lowest BCUT2D eigenvalue weighted by Gasteiger charge is -2.15. The van der Waals surface area contributed by atoms with Crippen molar-refractivity contribution >= 4 is 17.6 Å². The number of hydrogen-bond donors (Lipinski definition) is 2. The Morgan fingerprint density at radius 2 is 1.88 bits per heavy atom. The number of carboxylic acids is 1. The minimum atomic E-state index is -4.95. The average molecular weight is 380 g/mol. The second-order valence-electron chi connectivity index (χ2n) is 5.24. The van der Waals surface area contributed by atoms with Crippen LogP contribution in [0, 0.1) is 0 Å². The van der Waals surface area contributed by atoms with E-state index in [1.54, 1.807) is 0 Å². The fraction of sp³-hybridized carbons (Fsp3) is 0.357. The predicted molar refractivity (Wildman–Crippen MR) is 81.3 cm³/mol. The summed E-state index contributed by atoms with van der Waals surface area (Å²) in [6.07, 6.45) is -7.76. The number of carboxylic acid groups (broad SMARTS) is 1. The van der Waals surface area contributed by atoms with Crippen molar-refractivity contribution in [2.45, 2.75) is 31.8 Å². The standard InChI is InChI=1S/C14H13ClF3N3O4/c1-7(12(23)24)21-13(25)20(6-10(22)14(16,17)18)11(19-21)8-2-4-9(15)5-3-8/h2-5,7,10,22H,6H2,1H3,(H,23,24)/t7?,10-/m0/s1. The van der Waals surface area contributed by atoms with Crippen molar-refractivity contribution < 1.29 is 28.2 Å². The summed E-state index contributed by atoms with van der Waals surface area (Å²) in [5.74, 6) is -1.59. The summed E-state index contributed by atoms with van der Waals surface area (Å²) in [4.78, 5) is 23.4. The molecule has 0 saturated carbocycles. The van der Waals surface area contributed by atoms with E-state index in [9.17, 15) is 27.9 Å². The third-order valence-corrected chi connectivity index (χ3v) is 3.70. The summed E-state index contributed by atoms with van der Waals surface area (Å²) in [5, 5.41) is 22.5. The van der Waals surface area contributed by atoms with Crippen LogP contribution in [0.1, 0.15) is 13.0 Å². The van der Waals surface area contributed by atoms with Gasteiger partial charge in [-0.15, -0.1) is 5.10 Å². The lowest BCUT2D eigenvalue weighted by Crippen LogP contribution is -2.38. The van der Waals surface area contributed by atoms with Crippen LogP contribution >= 0.6 is 11.6 Å². The highest BCUT2D eigenvalue weighted by Gasteiger charge is 2.39. The van der Waals surface area contributed by atoms with E-state index in [-0.39, 0.29) is 11.4 Å². The molecule has 0 aliphatic rings. The fourth-order valence-electron chi connectivity index (χ4n) is 2.02. The third kappa shape index (κ3) is 4.02. The molecule has 1 unspecified atom stereocenters. The van der Waals surface area contributed by atoms with Gasteiger partial charge in [-0.05, 0) is 31.2 Å². The number of halogens is 4. The molecule has 1 aromatic heterocycles. The molecule has 0 aliphatic heterocycles. The summed E-state index contributed by atoms with van der Waals surface area (Å²) >= 11 is 5.75. The second-order valence-corrected chi connectivity index (χ2v) is 5.68. The highest BCUT2D eigenvalue weighted by molar-refractivity contribution is 6.30. The van der Waals surface area contributed by atoms with Crippen LogP contribution in [0.25, 0.3) is 11.4 Å². The number of hydrogen-bond acceptors (Lipinski definition) is 4. The lowest BCUT2D eigenvalue weighted by molar-refractivity contribution is -0.207. The van der Waals surface area contributed by atoms with E-state index in [1.807, 2.05) is 0 Å². The molecule has 0 aliphatic carbocycles. The average Bonchev–Trinajstić information content (AvgIpc) is 2.83. The van der Waals surface area contributed by atoms with Crippen molar-refractivity contribution in [1.82, 2.24) is 14.3 Å². The highest BCUT2D eigenvalue weighted by atomic mass is 35.5. The zero-order valence-electron chi connectivity index (χ0n) is 12.7. The number of aliphatic hydroxyl groups is 1. The summed E-state index contributed by atoms with van der Waals surface area (Å²) in [6, 6.07) is 4.30. The summed E-state index contributed by atoms with van der Waals surface area (Å²) < 4.78 is 39.1. The third-order valence-electron chi connectivity index (χ3n) is 3.45. The molecule has 0 amide bonds. The minimum absolute atomic E-state index is 0.210. The van der Waals surface area contributed by atoms with Crippen LogP contribution in [0.3, 0.4) is 0 Å². The van der Waals surface area contributed by atoms with Crippen LogP contribution in [-0.2, 0) is 11.3 Å². The Morgan fingerprint density at radius 3 is 2.36 bits per heavy atom. The van der Waals surface area contributed by atoms with Crippen LogP contribution < -0.4 is 5.69 Å². The van der Waals surface area contributed by atoms with Crippen LogP contribution in [0.4, 0.5) is 13.2 Å². The van der Waals surface area contributed by atoms with Crippen molar-refractivity contribution in [1.29, 1.82) is 0 Å². The Hall–Kier alpha value is -2.33. The normalized spacial score (nSPS) is 14.3. The molecule has 2 atom stereocenters. The predicted octanol–water partition coefficient (Wildman–Crippen LogP) is 1.93. The molecule has 0 spiro atoms. The van der Waals surface area contributed by atoms with Gasteiger partial charge >= 0.3 is 17.8 Å². The van der Waals surface area contributed by atoms with Crippen molar-refractivity contribution in [2.24, 2.45) is 0 Å². The molecule has 136 valence electrons. The number of alkyl halides is 3. The van der Waals surface area contributed by atoms with Crippen molar-refractivity contribution in [3.63, 3.8) is 0 Å². The first-order valence-corrected chi connectivity index (χ1v) is 7.33. The van der Waals surface area contributed by atoms with Gasteiger partial charge in [0.15, 0.2) is 18.0 Å². The number of benzene rings is 1. The van der Waals surface area contributed by atoms with Crippen molar-refractivity contribution in [3.05, 3.63) is 39.8 Å². The molecule has 2 aromatic rings. The van der Waals surface area contributed by atoms with Gasteiger partial charge in [0.1, 0.15) is 0 Å². The van der Waals surface area contributed by atoms with E-state index < -0.39 is 36.5 Å². The number of carbonyl (C=O) groups is 1. The van der Waals surface area contributed by atoms with Gasteiger partial charge in [0, 0.05) is 10.6 Å². The molecule has 11 heteroatoms. The number of nitrogens with zero attached hydrogens (tertiary/aromatic N) is 3. The van der Waals surface area contributed by atoms with E-state index in [0.717, 1.165) is 6.92 Å². The largest absolute Gasteiger partial charge is 0.480 e. The molecule has 7 nitrogen and oxygen atoms in total. The maximum absolute atomic E-state index is 12.6. The first-order chi connectivity index (χ1) is 11.5. The minimum Gasteiger partial charge on any atom is -0.480 e. The molecule has 0 fully saturated rings. The summed E-state index contributed by atoms with van der Waals surface area (Å²) in [7, 11) is 0. The van der Waals surface area contributed by atoms with Gasteiger partial charge in [-0.3, -0.25) is 4.57 Å². The summed E-state index contributed by atoms with van der Waals surface area (Å²) in [5.41, 5.74) is -0.838. The highest BCUT2D eigenvalue weighted by Crippen LogP contribution is 2.24. The van der Waals surface area contributed by atoms with E-state index in [4.69, 9.17) is 16.7 Å². The number of aliphatic hydroxyl groups excluding tert-OH is 1. The molecular formula is C14H13ClF3N3O4. The maximum Gasteiger partial charge on any atom is 0.416 e. The molecule has 2 rings (SSSR count). The Kier molecular flexibility index (Phi) is 5.23. The SMILES string of the molecule is CC(C(=O)O)n1nc(-c2ccc(Cl)cc2)n(C[C@H](O)C(F)(F)F)c1=O. The number of aliphatic carboxylic acids is 1. The van der Waals surface area contributed by atoms with E-state index in [1.165, 1.54) is 24.3 Å². The van der Waals surface area contributed by atoms with E-state index >= 15 is 0 Å². The Balaban J connectivity index is 2.59. The van der Waals surface area contributed by atoms with Crippen molar-refractivity contribution in [2.75, 3.05) is 0 Å². The van der Waals surface area contributed by atoms with Crippen LogP contribution in [-0.4, -0.2) is 42.8 Å². The zero-order valence-corrected chi connectivity index (χ0v) is 13.5. The first kappa shape index (κ1) is 19.0. The van der Waals surface area contributed by atoms with Crippen LogP contribution in [0.2, 0.25) is 5.02 Å². The number of aromatic nitrogens is 3. The Bertz CT molecular complexity index is 829. The topological polar surface area (TPSA) is 97.3 Å². The van der Waals surface area contributed by atoms with Gasteiger partial charge in [0.25, 0.3) is 0 Å². The van der Waals surface area contributed by atoms with Gasteiger partial charge in [-0.2, -0.15) is 17.9 Å². The molecule has 2 N–H and O–H groups in total. The van der Waals surface area contributed by atoms with Gasteiger partial charge in [-0.25, -0.2) is 9.59 Å². The molecule has 25 heavy (non-hydrogen) atoms.